The molecule has 2 heteroatoms. The van der Waals surface area contributed by atoms with E-state index in [-0.39, 0.29) is 11.7 Å². The molecule has 0 spiro atoms. The van der Waals surface area contributed by atoms with Crippen LogP contribution in [-0.2, 0) is 4.79 Å². The van der Waals surface area contributed by atoms with E-state index in [1.165, 1.54) is 19.3 Å². The van der Waals surface area contributed by atoms with Gasteiger partial charge in [-0.2, -0.15) is 0 Å². The number of hydrogen-bond acceptors (Lipinski definition) is 2. The largest absolute Gasteiger partial charge is 0.385 e. The van der Waals surface area contributed by atoms with Crippen LogP contribution in [0.5, 0.6) is 0 Å². The van der Waals surface area contributed by atoms with Gasteiger partial charge in [-0.25, -0.2) is 0 Å². The number of carbonyl (C=O) groups excluding carboxylic acids is 1. The quantitative estimate of drug-likeness (QED) is 0.702. The molecule has 0 aliphatic heterocycles. The number of aliphatic hydroxyl groups excluding tert-OH is 1. The molecule has 0 radical (unpaired) electrons. The Morgan fingerprint density at radius 3 is 2.50 bits per heavy atom. The molecular weight excluding hydrogens is 152 g/mol. The molecule has 0 saturated heterocycles. The number of carbonyl (C=O) groups is 1. The van der Waals surface area contributed by atoms with Crippen LogP contribution in [0.1, 0.15) is 45.4 Å². The Kier molecular flexibility index (Phi) is 3.73. The van der Waals surface area contributed by atoms with Gasteiger partial charge in [-0.05, 0) is 18.8 Å². The van der Waals surface area contributed by atoms with Gasteiger partial charge in [0.15, 0.2) is 5.78 Å². The lowest BCUT2D eigenvalue weighted by Crippen LogP contribution is -2.30. The van der Waals surface area contributed by atoms with Gasteiger partial charge >= 0.3 is 0 Å². The monoisotopic (exact) mass is 170 g/mol. The molecule has 1 N–H and O–H groups in total. The summed E-state index contributed by atoms with van der Waals surface area (Å²) in [6, 6.07) is 0. The van der Waals surface area contributed by atoms with Crippen LogP contribution in [0.3, 0.4) is 0 Å². The molecule has 12 heavy (non-hydrogen) atoms. The van der Waals surface area contributed by atoms with E-state index in [2.05, 4.69) is 0 Å². The third-order valence-corrected chi connectivity index (χ3v) is 2.77. The molecule has 0 aromatic carbocycles. The third-order valence-electron chi connectivity index (χ3n) is 2.77. The number of aliphatic hydroxyl groups is 1. The molecular formula is C10H18O2. The molecule has 1 saturated carbocycles. The van der Waals surface area contributed by atoms with Gasteiger partial charge < -0.3 is 5.11 Å². The first kappa shape index (κ1) is 9.72. The van der Waals surface area contributed by atoms with Crippen LogP contribution in [0.4, 0.5) is 0 Å². The standard InChI is InChI=1S/C10H18O2/c1-2-9(11)10(12)8-6-4-3-5-7-8/h8,10,12H,2-7H2,1H3/t10-/m0/s1. The molecule has 70 valence electrons. The minimum atomic E-state index is -0.671. The van der Waals surface area contributed by atoms with Gasteiger partial charge in [0.1, 0.15) is 6.10 Å². The predicted molar refractivity (Wildman–Crippen MR) is 47.9 cm³/mol. The molecule has 1 aliphatic rings. The number of hydrogen-bond donors (Lipinski definition) is 1. The zero-order valence-corrected chi connectivity index (χ0v) is 7.75. The van der Waals surface area contributed by atoms with E-state index < -0.39 is 6.10 Å². The highest BCUT2D eigenvalue weighted by Gasteiger charge is 2.25. The average Bonchev–Trinajstić information content (AvgIpc) is 2.17. The van der Waals surface area contributed by atoms with E-state index in [0.29, 0.717) is 6.42 Å². The van der Waals surface area contributed by atoms with E-state index in [1.807, 2.05) is 6.92 Å². The fraction of sp³-hybridized carbons (Fsp3) is 0.900. The molecule has 0 aromatic rings. The Labute approximate surface area is 74.0 Å². The lowest BCUT2D eigenvalue weighted by atomic mass is 9.83. The van der Waals surface area contributed by atoms with Crippen molar-refractivity contribution < 1.29 is 9.90 Å². The minimum Gasteiger partial charge on any atom is -0.385 e. The van der Waals surface area contributed by atoms with Gasteiger partial charge in [0.25, 0.3) is 0 Å². The van der Waals surface area contributed by atoms with Crippen molar-refractivity contribution in [2.75, 3.05) is 0 Å². The number of Topliss-reactive ketones (excluding diaryl/α,β-unsaturated/α-hetero) is 1. The second kappa shape index (κ2) is 4.61. The Balaban J connectivity index is 2.39. The third kappa shape index (κ3) is 2.31. The molecule has 0 aromatic heterocycles. The maximum Gasteiger partial charge on any atom is 0.161 e. The van der Waals surface area contributed by atoms with E-state index in [4.69, 9.17) is 0 Å². The van der Waals surface area contributed by atoms with Gasteiger partial charge in [0, 0.05) is 6.42 Å². The van der Waals surface area contributed by atoms with Gasteiger partial charge in [-0.15, -0.1) is 0 Å². The van der Waals surface area contributed by atoms with Crippen molar-refractivity contribution in [2.45, 2.75) is 51.6 Å². The van der Waals surface area contributed by atoms with E-state index in [1.54, 1.807) is 0 Å². The van der Waals surface area contributed by atoms with Gasteiger partial charge in [-0.1, -0.05) is 26.2 Å². The lowest BCUT2D eigenvalue weighted by Gasteiger charge is -2.25. The first-order valence-corrected chi connectivity index (χ1v) is 4.96. The second-order valence-electron chi connectivity index (χ2n) is 3.66. The van der Waals surface area contributed by atoms with Crippen LogP contribution in [0, 0.1) is 5.92 Å². The summed E-state index contributed by atoms with van der Waals surface area (Å²) in [7, 11) is 0. The molecule has 0 bridgehead atoms. The first-order chi connectivity index (χ1) is 5.75. The highest BCUT2D eigenvalue weighted by molar-refractivity contribution is 5.82. The van der Waals surface area contributed by atoms with E-state index in [9.17, 15) is 9.90 Å². The van der Waals surface area contributed by atoms with Crippen LogP contribution in [0.2, 0.25) is 0 Å². The van der Waals surface area contributed by atoms with Gasteiger partial charge in [-0.3, -0.25) is 4.79 Å². The Morgan fingerprint density at radius 1 is 1.42 bits per heavy atom. The van der Waals surface area contributed by atoms with Crippen LogP contribution in [0.15, 0.2) is 0 Å². The highest BCUT2D eigenvalue weighted by Crippen LogP contribution is 2.27. The van der Waals surface area contributed by atoms with Crippen LogP contribution in [0.25, 0.3) is 0 Å². The van der Waals surface area contributed by atoms with Crippen LogP contribution < -0.4 is 0 Å². The molecule has 2 nitrogen and oxygen atoms in total. The smallest absolute Gasteiger partial charge is 0.161 e. The summed E-state index contributed by atoms with van der Waals surface area (Å²) in [5.74, 6) is 0.271. The zero-order chi connectivity index (χ0) is 8.97. The first-order valence-electron chi connectivity index (χ1n) is 4.96. The Hall–Kier alpha value is -0.370. The second-order valence-corrected chi connectivity index (χ2v) is 3.66. The van der Waals surface area contributed by atoms with Crippen LogP contribution in [-0.4, -0.2) is 17.0 Å². The molecule has 1 atom stereocenters. The fourth-order valence-electron chi connectivity index (χ4n) is 1.92. The summed E-state index contributed by atoms with van der Waals surface area (Å²) in [5, 5.41) is 9.59. The normalized spacial score (nSPS) is 22.2. The Morgan fingerprint density at radius 2 is 2.00 bits per heavy atom. The zero-order valence-electron chi connectivity index (χ0n) is 7.75. The number of ketones is 1. The van der Waals surface area contributed by atoms with Gasteiger partial charge in [0.05, 0.1) is 0 Å². The summed E-state index contributed by atoms with van der Waals surface area (Å²) in [6.45, 7) is 1.81. The SMILES string of the molecule is CCC(=O)[C@@H](O)C1CCCCC1. The molecule has 0 heterocycles. The molecule has 1 fully saturated rings. The number of rotatable bonds is 3. The van der Waals surface area contributed by atoms with Gasteiger partial charge in [0.2, 0.25) is 0 Å². The maximum atomic E-state index is 11.2. The van der Waals surface area contributed by atoms with E-state index >= 15 is 0 Å². The molecule has 1 aliphatic carbocycles. The van der Waals surface area contributed by atoms with Crippen molar-refractivity contribution >= 4 is 5.78 Å². The summed E-state index contributed by atoms with van der Waals surface area (Å²) in [6.07, 6.45) is 5.49. The van der Waals surface area contributed by atoms with Crippen LogP contribution >= 0.6 is 0 Å². The van der Waals surface area contributed by atoms with Crippen molar-refractivity contribution in [3.63, 3.8) is 0 Å². The Bertz CT molecular complexity index is 148. The van der Waals surface area contributed by atoms with Crippen molar-refractivity contribution in [1.82, 2.24) is 0 Å². The summed E-state index contributed by atoms with van der Waals surface area (Å²) in [4.78, 5) is 11.2. The molecule has 1 rings (SSSR count). The molecule has 0 amide bonds. The average molecular weight is 170 g/mol. The summed E-state index contributed by atoms with van der Waals surface area (Å²) < 4.78 is 0. The summed E-state index contributed by atoms with van der Waals surface area (Å²) >= 11 is 0. The summed E-state index contributed by atoms with van der Waals surface area (Å²) in [5.41, 5.74) is 0. The van der Waals surface area contributed by atoms with E-state index in [0.717, 1.165) is 12.8 Å². The van der Waals surface area contributed by atoms with Crippen molar-refractivity contribution in [2.24, 2.45) is 5.92 Å². The lowest BCUT2D eigenvalue weighted by molar-refractivity contribution is -0.130. The fourth-order valence-corrected chi connectivity index (χ4v) is 1.92. The predicted octanol–water partition coefficient (Wildman–Crippen LogP) is 1.91. The minimum absolute atomic E-state index is 0.0156. The van der Waals surface area contributed by atoms with Crippen molar-refractivity contribution in [1.29, 1.82) is 0 Å². The van der Waals surface area contributed by atoms with Crippen molar-refractivity contribution in [3.05, 3.63) is 0 Å². The van der Waals surface area contributed by atoms with Crippen molar-refractivity contribution in [3.8, 4) is 0 Å². The topological polar surface area (TPSA) is 37.3 Å². The maximum absolute atomic E-state index is 11.2. The highest BCUT2D eigenvalue weighted by atomic mass is 16.3. The molecule has 0 unspecified atom stereocenters.